The summed E-state index contributed by atoms with van der Waals surface area (Å²) in [6.45, 7) is 0.0579. The smallest absolute Gasteiger partial charge is 0.322 e. The number of aryl methyl sites for hydroxylation is 1. The van der Waals surface area contributed by atoms with Crippen molar-refractivity contribution in [2.75, 3.05) is 33.2 Å². The van der Waals surface area contributed by atoms with E-state index in [2.05, 4.69) is 10.4 Å². The van der Waals surface area contributed by atoms with Crippen molar-refractivity contribution in [3.05, 3.63) is 48.0 Å². The van der Waals surface area contributed by atoms with Crippen LogP contribution in [0.2, 0.25) is 0 Å². The second kappa shape index (κ2) is 12.1. The molecule has 0 bridgehead atoms. The van der Waals surface area contributed by atoms with Crippen molar-refractivity contribution in [1.29, 1.82) is 0 Å². The number of aromatic nitrogens is 4. The van der Waals surface area contributed by atoms with Gasteiger partial charge in [-0.1, -0.05) is 12.1 Å². The predicted octanol–water partition coefficient (Wildman–Crippen LogP) is 1.36. The van der Waals surface area contributed by atoms with E-state index in [0.29, 0.717) is 35.1 Å². The zero-order valence-electron chi connectivity index (χ0n) is 26.0. The third-order valence-corrected chi connectivity index (χ3v) is 9.19. The summed E-state index contributed by atoms with van der Waals surface area (Å²) in [6.07, 6.45) is 3.19. The Morgan fingerprint density at radius 2 is 1.85 bits per heavy atom. The van der Waals surface area contributed by atoms with E-state index in [-0.39, 0.29) is 43.2 Å². The quantitative estimate of drug-likeness (QED) is 0.218. The van der Waals surface area contributed by atoms with E-state index in [1.165, 1.54) is 18.0 Å². The molecule has 14 nitrogen and oxygen atoms in total. The van der Waals surface area contributed by atoms with E-state index in [1.807, 2.05) is 12.1 Å². The summed E-state index contributed by atoms with van der Waals surface area (Å²) in [5, 5.41) is 21.6. The Hall–Kier alpha value is -5.34. The Morgan fingerprint density at radius 1 is 1.11 bits per heavy atom. The summed E-state index contributed by atoms with van der Waals surface area (Å²) in [6, 6.07) is 8.64. The minimum Gasteiger partial charge on any atom is -0.480 e. The molecule has 1 spiro atoms. The maximum Gasteiger partial charge on any atom is 0.322 e. The number of fused-ring (bicyclic) bond motifs is 2. The highest BCUT2D eigenvalue weighted by Crippen LogP contribution is 2.57. The SMILES string of the molecule is CN(CC(=O)NCC(=O)O)C(=O)Cn1nc(C2CC3(C2)CN(C(=O)CCC(N)=O)C3)c2c(-c3cc4c(cnn4C)cc3F)cccc21. The number of amides is 4. The van der Waals surface area contributed by atoms with Crippen LogP contribution in [-0.2, 0) is 37.6 Å². The van der Waals surface area contributed by atoms with Crippen molar-refractivity contribution in [3.8, 4) is 11.1 Å². The Labute approximate surface area is 268 Å². The monoisotopic (exact) mass is 646 g/mol. The third-order valence-electron chi connectivity index (χ3n) is 9.19. The van der Waals surface area contributed by atoms with Crippen LogP contribution in [0, 0.1) is 11.2 Å². The molecular formula is C32H35FN8O6. The number of nitrogens with zero attached hydrogens (tertiary/aromatic N) is 6. The van der Waals surface area contributed by atoms with E-state index >= 15 is 4.39 Å². The number of hydrogen-bond acceptors (Lipinski definition) is 7. The molecule has 0 unspecified atom stereocenters. The Morgan fingerprint density at radius 3 is 2.55 bits per heavy atom. The fraction of sp³-hybridized carbons (Fsp3) is 0.406. The number of likely N-dealkylation sites (tertiary alicyclic amines) is 1. The van der Waals surface area contributed by atoms with Gasteiger partial charge in [0.25, 0.3) is 0 Å². The van der Waals surface area contributed by atoms with Crippen LogP contribution in [0.3, 0.4) is 0 Å². The summed E-state index contributed by atoms with van der Waals surface area (Å²) in [5.41, 5.74) is 8.21. The number of primary amides is 1. The lowest BCUT2D eigenvalue weighted by molar-refractivity contribution is -0.152. The molecule has 3 heterocycles. The van der Waals surface area contributed by atoms with Gasteiger partial charge in [0.1, 0.15) is 18.9 Å². The van der Waals surface area contributed by atoms with Gasteiger partial charge in [-0.3, -0.25) is 33.3 Å². The first-order valence-corrected chi connectivity index (χ1v) is 15.2. The zero-order valence-corrected chi connectivity index (χ0v) is 26.0. The summed E-state index contributed by atoms with van der Waals surface area (Å²) in [4.78, 5) is 62.7. The fourth-order valence-electron chi connectivity index (χ4n) is 6.82. The lowest BCUT2D eigenvalue weighted by Gasteiger charge is -2.59. The molecule has 4 aromatic rings. The summed E-state index contributed by atoms with van der Waals surface area (Å²) < 4.78 is 18.9. The number of carbonyl (C=O) groups excluding carboxylic acids is 4. The molecule has 1 aliphatic carbocycles. The minimum atomic E-state index is -1.19. The topological polar surface area (TPSA) is 186 Å². The third kappa shape index (κ3) is 6.12. The maximum atomic E-state index is 15.7. The highest BCUT2D eigenvalue weighted by molar-refractivity contribution is 6.00. The highest BCUT2D eigenvalue weighted by Gasteiger charge is 2.54. The summed E-state index contributed by atoms with van der Waals surface area (Å²) >= 11 is 0. The number of hydrogen-bond donors (Lipinski definition) is 3. The number of likely N-dealkylation sites (N-methyl/N-ethyl adjacent to an activating group) is 1. The van der Waals surface area contributed by atoms with Gasteiger partial charge in [-0.15, -0.1) is 0 Å². The molecule has 1 saturated heterocycles. The van der Waals surface area contributed by atoms with Gasteiger partial charge in [0.2, 0.25) is 23.6 Å². The van der Waals surface area contributed by atoms with Gasteiger partial charge in [-0.2, -0.15) is 10.2 Å². The average molecular weight is 647 g/mol. The van der Waals surface area contributed by atoms with E-state index in [1.54, 1.807) is 39.6 Å². The maximum absolute atomic E-state index is 15.7. The van der Waals surface area contributed by atoms with Gasteiger partial charge < -0.3 is 26.0 Å². The van der Waals surface area contributed by atoms with Gasteiger partial charge in [0.05, 0.1) is 29.5 Å². The number of nitrogens with two attached hydrogens (primary N) is 1. The van der Waals surface area contributed by atoms with E-state index in [9.17, 15) is 24.0 Å². The number of rotatable bonds is 11. The molecule has 2 aliphatic rings. The number of nitrogens with one attached hydrogen (secondary N) is 1. The summed E-state index contributed by atoms with van der Waals surface area (Å²) in [7, 11) is 3.23. The number of carboxylic acid groups (broad SMARTS) is 1. The van der Waals surface area contributed by atoms with E-state index in [4.69, 9.17) is 15.9 Å². The van der Waals surface area contributed by atoms with Crippen LogP contribution in [0.5, 0.6) is 0 Å². The van der Waals surface area contributed by atoms with Crippen LogP contribution in [0.1, 0.15) is 37.3 Å². The molecule has 15 heteroatoms. The van der Waals surface area contributed by atoms with Crippen molar-refractivity contribution >= 4 is 51.4 Å². The molecule has 0 atom stereocenters. The van der Waals surface area contributed by atoms with E-state index in [0.717, 1.165) is 29.4 Å². The Balaban J connectivity index is 1.30. The minimum absolute atomic E-state index is 0.0131. The summed E-state index contributed by atoms with van der Waals surface area (Å²) in [5.74, 6) is -3.28. The highest BCUT2D eigenvalue weighted by atomic mass is 19.1. The van der Waals surface area contributed by atoms with Crippen molar-refractivity contribution in [2.24, 2.45) is 18.2 Å². The molecule has 1 saturated carbocycles. The fourth-order valence-corrected chi connectivity index (χ4v) is 6.82. The van der Waals surface area contributed by atoms with Gasteiger partial charge in [0, 0.05) is 67.7 Å². The van der Waals surface area contributed by atoms with Gasteiger partial charge >= 0.3 is 5.97 Å². The van der Waals surface area contributed by atoms with Crippen molar-refractivity contribution < 1.29 is 33.5 Å². The predicted molar refractivity (Wildman–Crippen MR) is 167 cm³/mol. The van der Waals surface area contributed by atoms with Gasteiger partial charge in [-0.25, -0.2) is 4.39 Å². The molecule has 1 aliphatic heterocycles. The van der Waals surface area contributed by atoms with Crippen LogP contribution in [0.4, 0.5) is 4.39 Å². The second-order valence-electron chi connectivity index (χ2n) is 12.6. The molecule has 4 amide bonds. The molecule has 4 N–H and O–H groups in total. The number of aliphatic carboxylic acids is 1. The lowest BCUT2D eigenvalue weighted by Crippen LogP contribution is -2.63. The zero-order chi connectivity index (χ0) is 33.6. The van der Waals surface area contributed by atoms with Crippen molar-refractivity contribution in [2.45, 2.75) is 38.1 Å². The molecule has 0 radical (unpaired) electrons. The van der Waals surface area contributed by atoms with Crippen LogP contribution in [0.15, 0.2) is 36.5 Å². The molecule has 2 aromatic carbocycles. The molecule has 6 rings (SSSR count). The number of halogens is 1. The van der Waals surface area contributed by atoms with Gasteiger partial charge in [0.15, 0.2) is 0 Å². The molecule has 2 aromatic heterocycles. The normalized spacial score (nSPS) is 15.4. The van der Waals surface area contributed by atoms with Crippen LogP contribution in [-0.4, -0.2) is 97.3 Å². The van der Waals surface area contributed by atoms with Crippen LogP contribution < -0.4 is 11.1 Å². The van der Waals surface area contributed by atoms with Crippen LogP contribution >= 0.6 is 0 Å². The number of carbonyl (C=O) groups is 5. The molecular weight excluding hydrogens is 611 g/mol. The van der Waals surface area contributed by atoms with Crippen molar-refractivity contribution in [3.63, 3.8) is 0 Å². The standard InChI is InChI=1S/C32H35FN8O6/c1-38(14-26(43)35-13-29(46)47)28(45)15-41-23-5-3-4-20(21-9-24-18(8-22(21)33)12-36-39(24)2)30(23)31(37-41)19-10-32(11-19)16-40(17-32)27(44)7-6-25(34)42/h3-5,8-9,12,19H,6-7,10-11,13-17H2,1-2H3,(H2,34,42)(H,35,43)(H,46,47). The Kier molecular flexibility index (Phi) is 8.15. The molecule has 246 valence electrons. The van der Waals surface area contributed by atoms with Gasteiger partial charge in [-0.05, 0) is 36.6 Å². The number of carboxylic acids is 1. The molecule has 47 heavy (non-hydrogen) atoms. The Bertz CT molecular complexity index is 1940. The average Bonchev–Trinajstić information content (AvgIpc) is 3.52. The largest absolute Gasteiger partial charge is 0.480 e. The van der Waals surface area contributed by atoms with Crippen molar-refractivity contribution in [1.82, 2.24) is 34.7 Å². The first-order chi connectivity index (χ1) is 22.3. The lowest BCUT2D eigenvalue weighted by atomic mass is 9.56. The molecule has 2 fully saturated rings. The first kappa shape index (κ1) is 31.6. The second-order valence-corrected chi connectivity index (χ2v) is 12.6. The van der Waals surface area contributed by atoms with Crippen LogP contribution in [0.25, 0.3) is 32.9 Å². The first-order valence-electron chi connectivity index (χ1n) is 15.2. The number of benzene rings is 2. The van der Waals surface area contributed by atoms with E-state index < -0.39 is 36.1 Å².